The maximum absolute atomic E-state index is 12.9. The van der Waals surface area contributed by atoms with Gasteiger partial charge in [-0.1, -0.05) is 24.3 Å². The molecule has 132 valence electrons. The van der Waals surface area contributed by atoms with E-state index in [1.165, 1.54) is 11.3 Å². The van der Waals surface area contributed by atoms with Gasteiger partial charge in [0.05, 0.1) is 34.8 Å². The Kier molecular flexibility index (Phi) is 4.16. The van der Waals surface area contributed by atoms with Crippen molar-refractivity contribution in [2.75, 3.05) is 0 Å². The van der Waals surface area contributed by atoms with Gasteiger partial charge in [-0.3, -0.25) is 14.6 Å². The quantitative estimate of drug-likeness (QED) is 0.723. The molecule has 0 spiro atoms. The number of fused-ring (bicyclic) bond motifs is 2. The van der Waals surface area contributed by atoms with E-state index in [4.69, 9.17) is 0 Å². The molecular weight excluding hydrogens is 350 g/mol. The number of nitrogens with zero attached hydrogens (tertiary/aromatic N) is 2. The highest BCUT2D eigenvalue weighted by Gasteiger charge is 2.45. The molecule has 4 rings (SSSR count). The Morgan fingerprint density at radius 2 is 1.92 bits per heavy atom. The maximum atomic E-state index is 12.9. The van der Waals surface area contributed by atoms with Gasteiger partial charge in [-0.05, 0) is 30.0 Å². The summed E-state index contributed by atoms with van der Waals surface area (Å²) in [5.41, 5.74) is 1.97. The predicted octanol–water partition coefficient (Wildman–Crippen LogP) is 2.57. The van der Waals surface area contributed by atoms with Crippen molar-refractivity contribution < 1.29 is 14.7 Å². The Bertz CT molecular complexity index is 940. The molecule has 2 aromatic heterocycles. The number of hydrogen-bond acceptors (Lipinski definition) is 5. The zero-order valence-corrected chi connectivity index (χ0v) is 14.8. The first kappa shape index (κ1) is 16.7. The van der Waals surface area contributed by atoms with Crippen molar-refractivity contribution in [2.24, 2.45) is 5.41 Å². The number of aromatic nitrogens is 2. The molecule has 3 aromatic rings. The minimum absolute atomic E-state index is 0.183. The molecule has 26 heavy (non-hydrogen) atoms. The number of carbonyl (C=O) groups is 2. The van der Waals surface area contributed by atoms with Crippen LogP contribution in [0.4, 0.5) is 0 Å². The van der Waals surface area contributed by atoms with Crippen LogP contribution in [0.1, 0.15) is 22.6 Å². The lowest BCUT2D eigenvalue weighted by Gasteiger charge is -2.25. The van der Waals surface area contributed by atoms with Gasteiger partial charge >= 0.3 is 5.97 Å². The van der Waals surface area contributed by atoms with E-state index in [9.17, 15) is 14.7 Å². The molecule has 0 bridgehead atoms. The summed E-state index contributed by atoms with van der Waals surface area (Å²) in [5.74, 6) is -1.19. The molecule has 0 atom stereocenters. The summed E-state index contributed by atoms with van der Waals surface area (Å²) < 4.78 is 1.01. The molecule has 0 unspecified atom stereocenters. The molecule has 0 saturated heterocycles. The molecule has 0 fully saturated rings. The fraction of sp³-hybridized carbons (Fsp3) is 0.263. The van der Waals surface area contributed by atoms with E-state index >= 15 is 0 Å². The molecule has 2 N–H and O–H groups in total. The van der Waals surface area contributed by atoms with Crippen molar-refractivity contribution in [3.8, 4) is 0 Å². The van der Waals surface area contributed by atoms with Crippen LogP contribution in [0.5, 0.6) is 0 Å². The largest absolute Gasteiger partial charge is 0.481 e. The van der Waals surface area contributed by atoms with E-state index < -0.39 is 11.4 Å². The Hall–Kier alpha value is -2.80. The van der Waals surface area contributed by atoms with Crippen LogP contribution in [-0.2, 0) is 29.0 Å². The van der Waals surface area contributed by atoms with Crippen molar-refractivity contribution in [3.05, 3.63) is 58.9 Å². The summed E-state index contributed by atoms with van der Waals surface area (Å²) in [7, 11) is 0. The van der Waals surface area contributed by atoms with E-state index in [-0.39, 0.29) is 18.9 Å². The monoisotopic (exact) mass is 367 g/mol. The third-order valence-electron chi connectivity index (χ3n) is 4.78. The highest BCUT2D eigenvalue weighted by molar-refractivity contribution is 7.18. The van der Waals surface area contributed by atoms with Gasteiger partial charge in [0.15, 0.2) is 0 Å². The second-order valence-corrected chi connectivity index (χ2v) is 7.72. The second-order valence-electron chi connectivity index (χ2n) is 6.61. The van der Waals surface area contributed by atoms with Crippen molar-refractivity contribution in [2.45, 2.75) is 25.8 Å². The highest BCUT2D eigenvalue weighted by Crippen LogP contribution is 2.40. The average molecular weight is 367 g/mol. The third kappa shape index (κ3) is 3.06. The lowest BCUT2D eigenvalue weighted by atomic mass is 9.80. The van der Waals surface area contributed by atoms with Gasteiger partial charge in [0, 0.05) is 6.20 Å². The minimum Gasteiger partial charge on any atom is -0.481 e. The van der Waals surface area contributed by atoms with Crippen LogP contribution in [0.3, 0.4) is 0 Å². The van der Waals surface area contributed by atoms with E-state index in [1.54, 1.807) is 12.4 Å². The Morgan fingerprint density at radius 3 is 2.58 bits per heavy atom. The SMILES string of the molecule is O=C(O)CC1(C(=O)NCc2nc3cnccc3s2)Cc2ccccc2C1. The first-order valence-corrected chi connectivity index (χ1v) is 9.14. The van der Waals surface area contributed by atoms with Gasteiger partial charge in [-0.2, -0.15) is 0 Å². The van der Waals surface area contributed by atoms with Crippen molar-refractivity contribution in [1.29, 1.82) is 0 Å². The van der Waals surface area contributed by atoms with Crippen molar-refractivity contribution in [1.82, 2.24) is 15.3 Å². The fourth-order valence-electron chi connectivity index (χ4n) is 3.60. The first-order valence-electron chi connectivity index (χ1n) is 8.32. The molecule has 6 nitrogen and oxygen atoms in total. The summed E-state index contributed by atoms with van der Waals surface area (Å²) in [6, 6.07) is 9.66. The van der Waals surface area contributed by atoms with Crippen LogP contribution in [0, 0.1) is 5.41 Å². The fourth-order valence-corrected chi connectivity index (χ4v) is 4.47. The van der Waals surface area contributed by atoms with Gasteiger partial charge in [0.2, 0.25) is 5.91 Å². The molecule has 0 radical (unpaired) electrons. The van der Waals surface area contributed by atoms with Gasteiger partial charge in [0.1, 0.15) is 5.01 Å². The van der Waals surface area contributed by atoms with E-state index in [1.807, 2.05) is 30.3 Å². The molecule has 1 amide bonds. The molecule has 1 aliphatic rings. The normalized spacial score (nSPS) is 14.9. The first-order chi connectivity index (χ1) is 12.6. The van der Waals surface area contributed by atoms with Gasteiger partial charge in [0.25, 0.3) is 0 Å². The number of thiazole rings is 1. The number of hydrogen-bond donors (Lipinski definition) is 2. The Balaban J connectivity index is 1.53. The minimum atomic E-state index is -0.959. The number of aliphatic carboxylic acids is 1. The Labute approximate surface area is 153 Å². The summed E-state index contributed by atoms with van der Waals surface area (Å²) in [4.78, 5) is 32.9. The zero-order chi connectivity index (χ0) is 18.1. The summed E-state index contributed by atoms with van der Waals surface area (Å²) in [6.07, 6.45) is 4.12. The molecular formula is C19H17N3O3S. The standard InChI is InChI=1S/C19H17N3O3S/c23-17(24)9-19(7-12-3-1-2-4-13(12)8-19)18(25)21-11-16-22-14-10-20-6-5-15(14)26-16/h1-6,10H,7-9,11H2,(H,21,25)(H,23,24). The van der Waals surface area contributed by atoms with Crippen molar-refractivity contribution in [3.63, 3.8) is 0 Å². The molecule has 1 aliphatic carbocycles. The van der Waals surface area contributed by atoms with Crippen LogP contribution in [-0.4, -0.2) is 27.0 Å². The lowest BCUT2D eigenvalue weighted by molar-refractivity contribution is -0.145. The third-order valence-corrected chi connectivity index (χ3v) is 5.82. The van der Waals surface area contributed by atoms with E-state index in [0.29, 0.717) is 12.8 Å². The van der Waals surface area contributed by atoms with Gasteiger partial charge in [-0.15, -0.1) is 11.3 Å². The maximum Gasteiger partial charge on any atom is 0.304 e. The average Bonchev–Trinajstić information content (AvgIpc) is 3.19. The number of benzene rings is 1. The summed E-state index contributed by atoms with van der Waals surface area (Å²) in [5, 5.41) is 13.0. The van der Waals surface area contributed by atoms with E-state index in [2.05, 4.69) is 15.3 Å². The van der Waals surface area contributed by atoms with Crippen LogP contribution in [0.2, 0.25) is 0 Å². The van der Waals surface area contributed by atoms with E-state index in [0.717, 1.165) is 26.4 Å². The number of pyridine rings is 1. The van der Waals surface area contributed by atoms with Crippen LogP contribution in [0.25, 0.3) is 10.2 Å². The molecule has 7 heteroatoms. The van der Waals surface area contributed by atoms with Crippen LogP contribution in [0.15, 0.2) is 42.7 Å². The Morgan fingerprint density at radius 1 is 1.19 bits per heavy atom. The smallest absolute Gasteiger partial charge is 0.304 e. The second kappa shape index (κ2) is 6.49. The zero-order valence-electron chi connectivity index (χ0n) is 13.9. The number of carboxylic acid groups (broad SMARTS) is 1. The number of carbonyl (C=O) groups excluding carboxylic acids is 1. The summed E-state index contributed by atoms with van der Waals surface area (Å²) in [6.45, 7) is 0.288. The van der Waals surface area contributed by atoms with Crippen LogP contribution >= 0.6 is 11.3 Å². The van der Waals surface area contributed by atoms with Crippen LogP contribution < -0.4 is 5.32 Å². The molecule has 1 aromatic carbocycles. The molecule has 0 saturated carbocycles. The lowest BCUT2D eigenvalue weighted by Crippen LogP contribution is -2.43. The predicted molar refractivity (Wildman–Crippen MR) is 97.8 cm³/mol. The number of nitrogens with one attached hydrogen (secondary N) is 1. The van der Waals surface area contributed by atoms with Crippen molar-refractivity contribution >= 4 is 33.4 Å². The molecule has 0 aliphatic heterocycles. The van der Waals surface area contributed by atoms with Gasteiger partial charge in [-0.25, -0.2) is 4.98 Å². The number of rotatable bonds is 5. The number of amides is 1. The molecule has 2 heterocycles. The number of carboxylic acids is 1. The highest BCUT2D eigenvalue weighted by atomic mass is 32.1. The van der Waals surface area contributed by atoms with Gasteiger partial charge < -0.3 is 10.4 Å². The summed E-state index contributed by atoms with van der Waals surface area (Å²) >= 11 is 1.50. The topological polar surface area (TPSA) is 92.2 Å².